The van der Waals surface area contributed by atoms with Gasteiger partial charge < -0.3 is 10.6 Å². The van der Waals surface area contributed by atoms with Crippen LogP contribution in [0.5, 0.6) is 0 Å². The molecule has 0 radical (unpaired) electrons. The van der Waals surface area contributed by atoms with E-state index in [1.54, 1.807) is 24.3 Å². The van der Waals surface area contributed by atoms with Crippen molar-refractivity contribution in [3.63, 3.8) is 0 Å². The van der Waals surface area contributed by atoms with Gasteiger partial charge in [-0.1, -0.05) is 48.5 Å². The minimum Gasteiger partial charge on any atom is -0.346 e. The third kappa shape index (κ3) is 3.67. The summed E-state index contributed by atoms with van der Waals surface area (Å²) < 4.78 is 0. The monoisotopic (exact) mass is 320 g/mol. The van der Waals surface area contributed by atoms with Crippen LogP contribution in [0.4, 0.5) is 5.69 Å². The molecule has 0 bridgehead atoms. The van der Waals surface area contributed by atoms with Crippen LogP contribution >= 0.6 is 0 Å². The van der Waals surface area contributed by atoms with E-state index in [1.165, 1.54) is 6.20 Å². The maximum absolute atomic E-state index is 12.3. The van der Waals surface area contributed by atoms with Crippen molar-refractivity contribution in [3.05, 3.63) is 83.7 Å². The molecule has 0 saturated carbocycles. The molecule has 120 valence electrons. The fourth-order valence-corrected chi connectivity index (χ4v) is 2.20. The van der Waals surface area contributed by atoms with Crippen molar-refractivity contribution in [2.45, 2.75) is 6.54 Å². The highest BCUT2D eigenvalue weighted by Crippen LogP contribution is 2.13. The molecule has 0 fully saturated rings. The first-order chi connectivity index (χ1) is 11.7. The molecule has 2 aromatic carbocycles. The molecule has 24 heavy (non-hydrogen) atoms. The Hall–Kier alpha value is -3.41. The molecule has 0 aliphatic carbocycles. The molecule has 3 N–H and O–H groups in total. The zero-order valence-electron chi connectivity index (χ0n) is 12.8. The number of carbonyl (C=O) groups is 2. The van der Waals surface area contributed by atoms with Gasteiger partial charge in [0.25, 0.3) is 11.8 Å². The van der Waals surface area contributed by atoms with Crippen molar-refractivity contribution >= 4 is 17.5 Å². The summed E-state index contributed by atoms with van der Waals surface area (Å²) in [5.41, 5.74) is 1.98. The Bertz CT molecular complexity index is 828. The Morgan fingerprint density at radius 2 is 1.58 bits per heavy atom. The van der Waals surface area contributed by atoms with Crippen LogP contribution in [-0.2, 0) is 6.54 Å². The second kappa shape index (κ2) is 7.23. The number of carbonyl (C=O) groups excluding carboxylic acids is 2. The molecule has 3 aromatic rings. The first kappa shape index (κ1) is 15.5. The van der Waals surface area contributed by atoms with Gasteiger partial charge in [-0.2, -0.15) is 5.10 Å². The smallest absolute Gasteiger partial charge is 0.274 e. The van der Waals surface area contributed by atoms with Crippen LogP contribution < -0.4 is 10.6 Å². The second-order valence-corrected chi connectivity index (χ2v) is 5.14. The standard InChI is InChI=1S/C18H16N4O2/c23-17(14-9-5-2-6-10-14)21-15-12-20-22-16(15)18(24)19-11-13-7-3-1-4-8-13/h1-10,12H,11H2,(H,19,24)(H,20,22)(H,21,23). The zero-order valence-corrected chi connectivity index (χ0v) is 12.8. The number of aromatic amines is 1. The summed E-state index contributed by atoms with van der Waals surface area (Å²) in [6, 6.07) is 18.3. The molecule has 0 spiro atoms. The molecule has 2 amide bonds. The van der Waals surface area contributed by atoms with E-state index in [1.807, 2.05) is 36.4 Å². The largest absolute Gasteiger partial charge is 0.346 e. The third-order valence-electron chi connectivity index (χ3n) is 3.44. The van der Waals surface area contributed by atoms with Gasteiger partial charge in [0.2, 0.25) is 0 Å². The molecule has 0 saturated heterocycles. The maximum Gasteiger partial charge on any atom is 0.274 e. The van der Waals surface area contributed by atoms with Crippen molar-refractivity contribution < 1.29 is 9.59 Å². The molecule has 6 nitrogen and oxygen atoms in total. The number of anilines is 1. The van der Waals surface area contributed by atoms with Gasteiger partial charge in [0.1, 0.15) is 0 Å². The fourth-order valence-electron chi connectivity index (χ4n) is 2.20. The van der Waals surface area contributed by atoms with Crippen LogP contribution in [0.15, 0.2) is 66.9 Å². The van der Waals surface area contributed by atoms with E-state index in [2.05, 4.69) is 20.8 Å². The number of nitrogens with one attached hydrogen (secondary N) is 3. The highest BCUT2D eigenvalue weighted by atomic mass is 16.2. The number of aromatic nitrogens is 2. The second-order valence-electron chi connectivity index (χ2n) is 5.14. The number of hydrogen-bond donors (Lipinski definition) is 3. The van der Waals surface area contributed by atoms with Gasteiger partial charge in [-0.3, -0.25) is 14.7 Å². The lowest BCUT2D eigenvalue weighted by molar-refractivity contribution is 0.0947. The Morgan fingerprint density at radius 3 is 2.29 bits per heavy atom. The summed E-state index contributed by atoms with van der Waals surface area (Å²) in [4.78, 5) is 24.5. The quantitative estimate of drug-likeness (QED) is 0.675. The zero-order chi connectivity index (χ0) is 16.8. The predicted molar refractivity (Wildman–Crippen MR) is 90.6 cm³/mol. The molecule has 0 aliphatic heterocycles. The lowest BCUT2D eigenvalue weighted by Gasteiger charge is -2.07. The third-order valence-corrected chi connectivity index (χ3v) is 3.44. The average Bonchev–Trinajstić information content (AvgIpc) is 3.09. The number of benzene rings is 2. The normalized spacial score (nSPS) is 10.2. The number of rotatable bonds is 5. The highest BCUT2D eigenvalue weighted by molar-refractivity contribution is 6.08. The molecule has 6 heteroatoms. The van der Waals surface area contributed by atoms with Crippen molar-refractivity contribution in [1.82, 2.24) is 15.5 Å². The average molecular weight is 320 g/mol. The Labute approximate surface area is 138 Å². The van der Waals surface area contributed by atoms with Gasteiger partial charge in [0.15, 0.2) is 5.69 Å². The van der Waals surface area contributed by atoms with Crippen LogP contribution in [0.2, 0.25) is 0 Å². The van der Waals surface area contributed by atoms with Crippen LogP contribution in [0.1, 0.15) is 26.4 Å². The highest BCUT2D eigenvalue weighted by Gasteiger charge is 2.17. The number of amides is 2. The van der Waals surface area contributed by atoms with E-state index in [0.29, 0.717) is 17.8 Å². The summed E-state index contributed by atoms with van der Waals surface area (Å²) in [7, 11) is 0. The summed E-state index contributed by atoms with van der Waals surface area (Å²) >= 11 is 0. The van der Waals surface area contributed by atoms with E-state index in [4.69, 9.17) is 0 Å². The first-order valence-corrected chi connectivity index (χ1v) is 7.46. The summed E-state index contributed by atoms with van der Waals surface area (Å²) in [5, 5.41) is 12.0. The Balaban J connectivity index is 1.66. The molecule has 1 heterocycles. The first-order valence-electron chi connectivity index (χ1n) is 7.46. The van der Waals surface area contributed by atoms with Gasteiger partial charge in [-0.25, -0.2) is 0 Å². The topological polar surface area (TPSA) is 86.9 Å². The molecule has 0 aliphatic rings. The van der Waals surface area contributed by atoms with Crippen molar-refractivity contribution in [2.75, 3.05) is 5.32 Å². The van der Waals surface area contributed by atoms with Crippen molar-refractivity contribution in [3.8, 4) is 0 Å². The SMILES string of the molecule is O=C(Nc1c[nH]nc1C(=O)NCc1ccccc1)c1ccccc1. The molecule has 0 atom stereocenters. The molecule has 3 rings (SSSR count). The van der Waals surface area contributed by atoms with Gasteiger partial charge in [-0.15, -0.1) is 0 Å². The minimum absolute atomic E-state index is 0.148. The van der Waals surface area contributed by atoms with Gasteiger partial charge in [0.05, 0.1) is 5.69 Å². The van der Waals surface area contributed by atoms with Crippen molar-refractivity contribution in [1.29, 1.82) is 0 Å². The summed E-state index contributed by atoms with van der Waals surface area (Å²) in [6.07, 6.45) is 1.48. The van der Waals surface area contributed by atoms with E-state index in [9.17, 15) is 9.59 Å². The minimum atomic E-state index is -0.358. The van der Waals surface area contributed by atoms with Crippen LogP contribution in [0.3, 0.4) is 0 Å². The van der Waals surface area contributed by atoms with Crippen LogP contribution in [0, 0.1) is 0 Å². The van der Waals surface area contributed by atoms with Crippen molar-refractivity contribution in [2.24, 2.45) is 0 Å². The van der Waals surface area contributed by atoms with E-state index < -0.39 is 0 Å². The van der Waals surface area contributed by atoms with E-state index >= 15 is 0 Å². The van der Waals surface area contributed by atoms with E-state index in [0.717, 1.165) is 5.56 Å². The lowest BCUT2D eigenvalue weighted by Crippen LogP contribution is -2.25. The van der Waals surface area contributed by atoms with E-state index in [-0.39, 0.29) is 17.5 Å². The van der Waals surface area contributed by atoms with Gasteiger partial charge in [0, 0.05) is 18.3 Å². The maximum atomic E-state index is 12.3. The summed E-state index contributed by atoms with van der Waals surface area (Å²) in [6.45, 7) is 0.388. The molecular formula is C18H16N4O2. The summed E-state index contributed by atoms with van der Waals surface area (Å²) in [5.74, 6) is -0.655. The Kier molecular flexibility index (Phi) is 4.67. The predicted octanol–water partition coefficient (Wildman–Crippen LogP) is 2.59. The molecule has 0 unspecified atom stereocenters. The lowest BCUT2D eigenvalue weighted by atomic mass is 10.2. The fraction of sp³-hybridized carbons (Fsp3) is 0.0556. The Morgan fingerprint density at radius 1 is 0.917 bits per heavy atom. The van der Waals surface area contributed by atoms with Gasteiger partial charge in [-0.05, 0) is 17.7 Å². The number of nitrogens with zero attached hydrogens (tertiary/aromatic N) is 1. The van der Waals surface area contributed by atoms with Crippen LogP contribution in [-0.4, -0.2) is 22.0 Å². The van der Waals surface area contributed by atoms with Gasteiger partial charge >= 0.3 is 0 Å². The van der Waals surface area contributed by atoms with Crippen LogP contribution in [0.25, 0.3) is 0 Å². The number of H-pyrrole nitrogens is 1. The molecular weight excluding hydrogens is 304 g/mol. The number of hydrogen-bond acceptors (Lipinski definition) is 3. The molecule has 1 aromatic heterocycles.